The van der Waals surface area contributed by atoms with Crippen molar-refractivity contribution in [1.82, 2.24) is 0 Å². The van der Waals surface area contributed by atoms with Crippen LogP contribution in [0.2, 0.25) is 0 Å². The first-order valence-electron chi connectivity index (χ1n) is 8.78. The predicted molar refractivity (Wildman–Crippen MR) is 101 cm³/mol. The fraction of sp³-hybridized carbons (Fsp3) is 0.238. The van der Waals surface area contributed by atoms with Crippen LogP contribution in [-0.2, 0) is 28.9 Å². The van der Waals surface area contributed by atoms with Crippen molar-refractivity contribution < 1.29 is 14.0 Å². The van der Waals surface area contributed by atoms with Crippen molar-refractivity contribution in [1.29, 1.82) is 0 Å². The van der Waals surface area contributed by atoms with Crippen LogP contribution in [0.4, 0.5) is 11.4 Å². The standard InChI is InChI=1S/C21H20N2O3/c1-13(24)22-17-6-3-7-18(11-17)23-21(25)10-16-12-26-20-9-15-5-2-4-14(15)8-19(16)20/h3,6-9,11-12H,2,4-5,10H2,1H3,(H,22,24)(H,23,25). The first kappa shape index (κ1) is 16.4. The number of hydrogen-bond acceptors (Lipinski definition) is 3. The SMILES string of the molecule is CC(=O)Nc1cccc(NC(=O)Cc2coc3cc4c(cc23)CCC4)c1. The zero-order valence-electron chi connectivity index (χ0n) is 14.6. The number of carbonyl (C=O) groups excluding carboxylic acids is 2. The van der Waals surface area contributed by atoms with E-state index in [-0.39, 0.29) is 18.2 Å². The number of furan rings is 1. The summed E-state index contributed by atoms with van der Waals surface area (Å²) >= 11 is 0. The maximum Gasteiger partial charge on any atom is 0.228 e. The average Bonchev–Trinajstić information content (AvgIpc) is 3.19. The van der Waals surface area contributed by atoms with Gasteiger partial charge in [0.25, 0.3) is 0 Å². The third kappa shape index (κ3) is 3.33. The number of hydrogen-bond donors (Lipinski definition) is 2. The maximum atomic E-state index is 12.5. The molecule has 5 heteroatoms. The summed E-state index contributed by atoms with van der Waals surface area (Å²) in [5.41, 5.74) is 5.77. The van der Waals surface area contributed by atoms with Gasteiger partial charge < -0.3 is 15.1 Å². The summed E-state index contributed by atoms with van der Waals surface area (Å²) in [6.07, 6.45) is 5.30. The van der Waals surface area contributed by atoms with Gasteiger partial charge in [0.2, 0.25) is 11.8 Å². The summed E-state index contributed by atoms with van der Waals surface area (Å²) in [6, 6.07) is 11.4. The molecule has 0 fully saturated rings. The van der Waals surface area contributed by atoms with Gasteiger partial charge in [-0.25, -0.2) is 0 Å². The molecule has 4 rings (SSSR count). The van der Waals surface area contributed by atoms with Crippen molar-refractivity contribution in [2.75, 3.05) is 10.6 Å². The summed E-state index contributed by atoms with van der Waals surface area (Å²) in [4.78, 5) is 23.6. The molecule has 0 bridgehead atoms. The van der Waals surface area contributed by atoms with Gasteiger partial charge in [-0.3, -0.25) is 9.59 Å². The minimum absolute atomic E-state index is 0.117. The molecule has 2 amide bonds. The Kier molecular flexibility index (Phi) is 4.21. The third-order valence-corrected chi connectivity index (χ3v) is 4.69. The quantitative estimate of drug-likeness (QED) is 0.747. The molecule has 132 valence electrons. The Bertz CT molecular complexity index is 1000. The average molecular weight is 348 g/mol. The van der Waals surface area contributed by atoms with Crippen LogP contribution < -0.4 is 10.6 Å². The normalized spacial score (nSPS) is 12.8. The number of amides is 2. The highest BCUT2D eigenvalue weighted by molar-refractivity contribution is 5.96. The Balaban J connectivity index is 1.50. The van der Waals surface area contributed by atoms with Crippen LogP contribution in [0.1, 0.15) is 30.0 Å². The molecule has 26 heavy (non-hydrogen) atoms. The third-order valence-electron chi connectivity index (χ3n) is 4.69. The molecule has 0 spiro atoms. The lowest BCUT2D eigenvalue weighted by molar-refractivity contribution is -0.115. The zero-order valence-corrected chi connectivity index (χ0v) is 14.6. The van der Waals surface area contributed by atoms with E-state index in [9.17, 15) is 9.59 Å². The monoisotopic (exact) mass is 348 g/mol. The van der Waals surface area contributed by atoms with Gasteiger partial charge >= 0.3 is 0 Å². The summed E-state index contributed by atoms with van der Waals surface area (Å²) in [6.45, 7) is 1.45. The van der Waals surface area contributed by atoms with E-state index in [1.54, 1.807) is 30.5 Å². The highest BCUT2D eigenvalue weighted by atomic mass is 16.3. The lowest BCUT2D eigenvalue weighted by Gasteiger charge is -2.07. The van der Waals surface area contributed by atoms with E-state index in [0.717, 1.165) is 29.4 Å². The molecular weight excluding hydrogens is 328 g/mol. The van der Waals surface area contributed by atoms with Crippen LogP contribution in [-0.4, -0.2) is 11.8 Å². The Labute approximate surface area is 151 Å². The topological polar surface area (TPSA) is 71.3 Å². The van der Waals surface area contributed by atoms with Crippen molar-refractivity contribution >= 4 is 34.2 Å². The highest BCUT2D eigenvalue weighted by Gasteiger charge is 2.16. The molecule has 0 aliphatic heterocycles. The van der Waals surface area contributed by atoms with E-state index in [1.165, 1.54) is 24.5 Å². The smallest absolute Gasteiger partial charge is 0.228 e. The molecule has 1 aromatic heterocycles. The first-order valence-corrected chi connectivity index (χ1v) is 8.78. The van der Waals surface area contributed by atoms with Crippen LogP contribution >= 0.6 is 0 Å². The van der Waals surface area contributed by atoms with Crippen LogP contribution in [0, 0.1) is 0 Å². The second kappa shape index (κ2) is 6.67. The van der Waals surface area contributed by atoms with Crippen molar-refractivity contribution in [3.63, 3.8) is 0 Å². The van der Waals surface area contributed by atoms with Crippen molar-refractivity contribution in [3.05, 3.63) is 59.4 Å². The summed E-state index contributed by atoms with van der Waals surface area (Å²) in [5, 5.41) is 6.61. The Morgan fingerprint density at radius 3 is 2.54 bits per heavy atom. The largest absolute Gasteiger partial charge is 0.464 e. The lowest BCUT2D eigenvalue weighted by atomic mass is 10.0. The zero-order chi connectivity index (χ0) is 18.1. The van der Waals surface area contributed by atoms with E-state index in [4.69, 9.17) is 4.42 Å². The molecule has 2 aromatic carbocycles. The van der Waals surface area contributed by atoms with E-state index < -0.39 is 0 Å². The minimum atomic E-state index is -0.147. The molecule has 2 N–H and O–H groups in total. The number of anilines is 2. The molecule has 0 saturated carbocycles. The Hall–Kier alpha value is -3.08. The van der Waals surface area contributed by atoms with Gasteiger partial charge in [-0.2, -0.15) is 0 Å². The lowest BCUT2D eigenvalue weighted by Crippen LogP contribution is -2.14. The van der Waals surface area contributed by atoms with Crippen molar-refractivity contribution in [3.8, 4) is 0 Å². The minimum Gasteiger partial charge on any atom is -0.464 e. The van der Waals surface area contributed by atoms with Crippen LogP contribution in [0.15, 0.2) is 47.1 Å². The fourth-order valence-electron chi connectivity index (χ4n) is 3.54. The molecule has 1 aliphatic carbocycles. The Morgan fingerprint density at radius 2 is 1.77 bits per heavy atom. The van der Waals surface area contributed by atoms with E-state index in [1.807, 2.05) is 0 Å². The molecule has 0 saturated heterocycles. The number of benzene rings is 2. The molecule has 1 heterocycles. The molecular formula is C21H20N2O3. The number of rotatable bonds is 4. The molecule has 0 atom stereocenters. The van der Waals surface area contributed by atoms with E-state index >= 15 is 0 Å². The molecule has 3 aromatic rings. The van der Waals surface area contributed by atoms with Gasteiger partial charge in [0.1, 0.15) is 5.58 Å². The summed E-state index contributed by atoms with van der Waals surface area (Å²) in [5.74, 6) is -0.265. The predicted octanol–water partition coefficient (Wildman–Crippen LogP) is 4.06. The number of carbonyl (C=O) groups is 2. The molecule has 1 aliphatic rings. The Morgan fingerprint density at radius 1 is 1.04 bits per heavy atom. The van der Waals surface area contributed by atoms with Crippen molar-refractivity contribution in [2.45, 2.75) is 32.6 Å². The fourth-order valence-corrected chi connectivity index (χ4v) is 3.54. The van der Waals surface area contributed by atoms with Gasteiger partial charge in [-0.1, -0.05) is 6.07 Å². The second-order valence-electron chi connectivity index (χ2n) is 6.72. The summed E-state index contributed by atoms with van der Waals surface area (Å²) < 4.78 is 5.66. The van der Waals surface area contributed by atoms with Crippen LogP contribution in [0.25, 0.3) is 11.0 Å². The van der Waals surface area contributed by atoms with Gasteiger partial charge in [0.15, 0.2) is 0 Å². The number of aryl methyl sites for hydroxylation is 2. The van der Waals surface area contributed by atoms with Crippen LogP contribution in [0.3, 0.4) is 0 Å². The van der Waals surface area contributed by atoms with Gasteiger partial charge in [-0.15, -0.1) is 0 Å². The molecule has 5 nitrogen and oxygen atoms in total. The molecule has 0 radical (unpaired) electrons. The maximum absolute atomic E-state index is 12.5. The van der Waals surface area contributed by atoms with Gasteiger partial charge in [-0.05, 0) is 60.7 Å². The van der Waals surface area contributed by atoms with Crippen molar-refractivity contribution in [2.24, 2.45) is 0 Å². The second-order valence-corrected chi connectivity index (χ2v) is 6.72. The number of fused-ring (bicyclic) bond motifs is 2. The van der Waals surface area contributed by atoms with Gasteiger partial charge in [0, 0.05) is 29.2 Å². The van der Waals surface area contributed by atoms with E-state index in [0.29, 0.717) is 11.4 Å². The molecule has 0 unspecified atom stereocenters. The van der Waals surface area contributed by atoms with Crippen LogP contribution in [0.5, 0.6) is 0 Å². The number of nitrogens with one attached hydrogen (secondary N) is 2. The first-order chi connectivity index (χ1) is 12.6. The highest BCUT2D eigenvalue weighted by Crippen LogP contribution is 2.30. The summed E-state index contributed by atoms with van der Waals surface area (Å²) in [7, 11) is 0. The van der Waals surface area contributed by atoms with E-state index in [2.05, 4.69) is 22.8 Å². The van der Waals surface area contributed by atoms with Gasteiger partial charge in [0.05, 0.1) is 12.7 Å².